The summed E-state index contributed by atoms with van der Waals surface area (Å²) in [5.41, 5.74) is -1.16. The second kappa shape index (κ2) is 4.57. The predicted octanol–water partition coefficient (Wildman–Crippen LogP) is 2.23. The predicted molar refractivity (Wildman–Crippen MR) is 60.8 cm³/mol. The molecule has 1 heterocycles. The van der Waals surface area contributed by atoms with Gasteiger partial charge in [0.1, 0.15) is 0 Å². The van der Waals surface area contributed by atoms with E-state index in [4.69, 9.17) is 0 Å². The molecule has 0 amide bonds. The van der Waals surface area contributed by atoms with E-state index < -0.39 is 26.7 Å². The molecule has 2 aromatic rings. The fourth-order valence-electron chi connectivity index (χ4n) is 1.45. The molecule has 0 saturated carbocycles. The maximum atomic E-state index is 12.7. The van der Waals surface area contributed by atoms with Crippen LogP contribution in [0.1, 0.15) is 5.56 Å². The molecule has 2 N–H and O–H groups in total. The Hall–Kier alpha value is -2.03. The highest BCUT2D eigenvalue weighted by Crippen LogP contribution is 2.34. The van der Waals surface area contributed by atoms with Crippen molar-refractivity contribution in [2.45, 2.75) is 11.1 Å². The molecule has 0 bridgehead atoms. The van der Waals surface area contributed by atoms with Crippen molar-refractivity contribution >= 4 is 15.7 Å². The van der Waals surface area contributed by atoms with E-state index in [0.717, 1.165) is 18.3 Å². The Labute approximate surface area is 106 Å². The molecule has 1 aromatic carbocycles. The topological polar surface area (TPSA) is 74.8 Å². The maximum absolute atomic E-state index is 12.7. The van der Waals surface area contributed by atoms with Crippen LogP contribution in [0.3, 0.4) is 0 Å². The van der Waals surface area contributed by atoms with Crippen LogP contribution >= 0.6 is 0 Å². The lowest BCUT2D eigenvalue weighted by Crippen LogP contribution is -2.18. The van der Waals surface area contributed by atoms with Gasteiger partial charge in [-0.15, -0.1) is 0 Å². The molecule has 0 aliphatic rings. The number of nitrogens with one attached hydrogen (secondary N) is 2. The van der Waals surface area contributed by atoms with E-state index in [1.54, 1.807) is 0 Å². The number of alkyl halides is 3. The maximum Gasteiger partial charge on any atom is 0.417 e. The van der Waals surface area contributed by atoms with Crippen LogP contribution in [-0.2, 0) is 16.2 Å². The number of anilines is 1. The first-order valence-electron chi connectivity index (χ1n) is 4.98. The molecule has 0 aliphatic heterocycles. The smallest absolute Gasteiger partial charge is 0.284 e. The second-order valence-corrected chi connectivity index (χ2v) is 5.24. The van der Waals surface area contributed by atoms with Crippen LogP contribution in [0.25, 0.3) is 0 Å². The highest BCUT2D eigenvalue weighted by molar-refractivity contribution is 7.92. The van der Waals surface area contributed by atoms with E-state index in [9.17, 15) is 21.6 Å². The zero-order valence-electron chi connectivity index (χ0n) is 9.27. The fraction of sp³-hybridized carbons (Fsp3) is 0.100. The third-order valence-electron chi connectivity index (χ3n) is 2.23. The van der Waals surface area contributed by atoms with Gasteiger partial charge in [-0.3, -0.25) is 9.82 Å². The molecule has 0 aliphatic carbocycles. The van der Waals surface area contributed by atoms with Gasteiger partial charge in [-0.25, -0.2) is 8.42 Å². The highest BCUT2D eigenvalue weighted by atomic mass is 32.2. The third-order valence-corrected chi connectivity index (χ3v) is 3.67. The Balaban J connectivity index is 2.47. The first-order valence-corrected chi connectivity index (χ1v) is 6.47. The number of aromatic nitrogens is 2. The largest absolute Gasteiger partial charge is 0.417 e. The van der Waals surface area contributed by atoms with Crippen LogP contribution in [0.15, 0.2) is 41.6 Å². The summed E-state index contributed by atoms with van der Waals surface area (Å²) in [6, 6.07) is 3.95. The molecule has 0 radical (unpaired) electrons. The van der Waals surface area contributed by atoms with Gasteiger partial charge in [-0.05, 0) is 12.1 Å². The quantitative estimate of drug-likeness (QED) is 0.910. The minimum Gasteiger partial charge on any atom is -0.284 e. The Morgan fingerprint density at radius 2 is 1.89 bits per heavy atom. The van der Waals surface area contributed by atoms with Gasteiger partial charge in [-0.1, -0.05) is 12.1 Å². The van der Waals surface area contributed by atoms with Crippen molar-refractivity contribution < 1.29 is 21.6 Å². The molecule has 0 spiro atoms. The summed E-state index contributed by atoms with van der Waals surface area (Å²) in [6.07, 6.45) is -2.39. The zero-order chi connectivity index (χ0) is 14.1. The summed E-state index contributed by atoms with van der Waals surface area (Å²) in [6.45, 7) is 0. The van der Waals surface area contributed by atoms with Crippen molar-refractivity contribution in [2.24, 2.45) is 0 Å². The molecule has 0 unspecified atom stereocenters. The van der Waals surface area contributed by atoms with Crippen molar-refractivity contribution in [2.75, 3.05) is 4.72 Å². The van der Waals surface area contributed by atoms with Crippen molar-refractivity contribution in [1.29, 1.82) is 0 Å². The van der Waals surface area contributed by atoms with Crippen LogP contribution in [0.2, 0.25) is 0 Å². The zero-order valence-corrected chi connectivity index (χ0v) is 10.1. The summed E-state index contributed by atoms with van der Waals surface area (Å²) in [5.74, 6) is 0. The first-order chi connectivity index (χ1) is 8.81. The van der Waals surface area contributed by atoms with Crippen LogP contribution in [0.4, 0.5) is 18.9 Å². The number of aromatic amines is 1. The van der Waals surface area contributed by atoms with Crippen LogP contribution in [0, 0.1) is 0 Å². The molecular weight excluding hydrogens is 283 g/mol. The SMILES string of the molecule is O=S(=O)(Nc1cn[nH]c1)c1ccccc1C(F)(F)F. The van der Waals surface area contributed by atoms with Crippen LogP contribution < -0.4 is 4.72 Å². The molecule has 2 rings (SSSR count). The Bertz CT molecular complexity index is 666. The van der Waals surface area contributed by atoms with Crippen molar-refractivity contribution in [1.82, 2.24) is 10.2 Å². The Morgan fingerprint density at radius 3 is 2.47 bits per heavy atom. The molecule has 0 saturated heterocycles. The van der Waals surface area contributed by atoms with E-state index >= 15 is 0 Å². The lowest BCUT2D eigenvalue weighted by molar-refractivity contribution is -0.139. The number of benzene rings is 1. The number of H-pyrrole nitrogens is 1. The van der Waals surface area contributed by atoms with Gasteiger partial charge in [-0.2, -0.15) is 18.3 Å². The number of nitrogens with zero attached hydrogens (tertiary/aromatic N) is 1. The van der Waals surface area contributed by atoms with Crippen molar-refractivity contribution in [3.05, 3.63) is 42.2 Å². The summed E-state index contributed by atoms with van der Waals surface area (Å²) in [5, 5.41) is 5.85. The van der Waals surface area contributed by atoms with Crippen molar-refractivity contribution in [3.63, 3.8) is 0 Å². The first kappa shape index (κ1) is 13.4. The average molecular weight is 291 g/mol. The molecule has 1 aromatic heterocycles. The monoisotopic (exact) mass is 291 g/mol. The molecular formula is C10H8F3N3O2S. The second-order valence-electron chi connectivity index (χ2n) is 3.59. The van der Waals surface area contributed by atoms with E-state index in [0.29, 0.717) is 6.07 Å². The number of halogens is 3. The molecule has 19 heavy (non-hydrogen) atoms. The number of hydrogen-bond acceptors (Lipinski definition) is 3. The number of hydrogen-bond donors (Lipinski definition) is 2. The molecule has 102 valence electrons. The number of rotatable bonds is 3. The van der Waals surface area contributed by atoms with Gasteiger partial charge < -0.3 is 0 Å². The molecule has 0 fully saturated rings. The van der Waals surface area contributed by atoms with Crippen LogP contribution in [-0.4, -0.2) is 18.6 Å². The fourth-order valence-corrected chi connectivity index (χ4v) is 2.71. The van der Waals surface area contributed by atoms with Gasteiger partial charge >= 0.3 is 6.18 Å². The van der Waals surface area contributed by atoms with Gasteiger partial charge in [0.15, 0.2) is 0 Å². The summed E-state index contributed by atoms with van der Waals surface area (Å²) >= 11 is 0. The molecule has 5 nitrogen and oxygen atoms in total. The lowest BCUT2D eigenvalue weighted by atomic mass is 10.2. The summed E-state index contributed by atoms with van der Waals surface area (Å²) in [7, 11) is -4.33. The lowest BCUT2D eigenvalue weighted by Gasteiger charge is -2.13. The van der Waals surface area contributed by atoms with Gasteiger partial charge in [0, 0.05) is 6.20 Å². The number of sulfonamides is 1. The van der Waals surface area contributed by atoms with Crippen LogP contribution in [0.5, 0.6) is 0 Å². The summed E-state index contributed by atoms with van der Waals surface area (Å²) in [4.78, 5) is -0.830. The minimum atomic E-state index is -4.75. The minimum absolute atomic E-state index is 0.0528. The van der Waals surface area contributed by atoms with E-state index in [1.165, 1.54) is 12.3 Å². The summed E-state index contributed by atoms with van der Waals surface area (Å²) < 4.78 is 64.1. The third kappa shape index (κ3) is 2.87. The van der Waals surface area contributed by atoms with Gasteiger partial charge in [0.05, 0.1) is 22.3 Å². The van der Waals surface area contributed by atoms with Gasteiger partial charge in [0.25, 0.3) is 10.0 Å². The van der Waals surface area contributed by atoms with E-state index in [-0.39, 0.29) is 5.69 Å². The van der Waals surface area contributed by atoms with E-state index in [1.807, 2.05) is 4.72 Å². The normalized spacial score (nSPS) is 12.4. The Kier molecular flexibility index (Phi) is 3.23. The van der Waals surface area contributed by atoms with Crippen molar-refractivity contribution in [3.8, 4) is 0 Å². The standard InChI is InChI=1S/C10H8F3N3O2S/c11-10(12,13)8-3-1-2-4-9(8)19(17,18)16-7-5-14-15-6-7/h1-6,16H,(H,14,15). The molecule has 0 atom stereocenters. The molecule has 9 heteroatoms. The Morgan fingerprint density at radius 1 is 1.21 bits per heavy atom. The average Bonchev–Trinajstić information content (AvgIpc) is 2.80. The van der Waals surface area contributed by atoms with Gasteiger partial charge in [0.2, 0.25) is 0 Å². The highest BCUT2D eigenvalue weighted by Gasteiger charge is 2.36. The van der Waals surface area contributed by atoms with E-state index in [2.05, 4.69) is 10.2 Å².